The van der Waals surface area contributed by atoms with Crippen molar-refractivity contribution in [2.75, 3.05) is 13.2 Å². The van der Waals surface area contributed by atoms with Crippen molar-refractivity contribution < 1.29 is 32.9 Å². The Morgan fingerprint density at radius 3 is 2.86 bits per heavy atom. The van der Waals surface area contributed by atoms with Crippen LogP contribution in [0.2, 0.25) is 5.02 Å². The summed E-state index contributed by atoms with van der Waals surface area (Å²) in [5.41, 5.74) is -0.0500. The number of benzene rings is 1. The van der Waals surface area contributed by atoms with E-state index in [9.17, 15) is 18.7 Å². The number of carbonyl (C=O) groups is 1. The van der Waals surface area contributed by atoms with Crippen LogP contribution in [0.15, 0.2) is 42.2 Å². The van der Waals surface area contributed by atoms with Gasteiger partial charge in [0.1, 0.15) is 24.6 Å². The number of carboxylic acid groups (broad SMARTS) is 1. The smallest absolute Gasteiger partial charge is 0.306 e. The second-order valence-electron chi connectivity index (χ2n) is 8.97. The molecule has 1 saturated heterocycles. The van der Waals surface area contributed by atoms with Gasteiger partial charge in [-0.1, -0.05) is 37.6 Å². The number of alkyl halides is 2. The van der Waals surface area contributed by atoms with Crippen molar-refractivity contribution in [1.29, 1.82) is 0 Å². The summed E-state index contributed by atoms with van der Waals surface area (Å²) >= 11 is 6.37. The van der Waals surface area contributed by atoms with Gasteiger partial charge in [-0.15, -0.1) is 10.2 Å². The molecule has 8 nitrogen and oxygen atoms in total. The maximum Gasteiger partial charge on any atom is 0.306 e. The molecule has 5 rings (SSSR count). The molecule has 0 spiro atoms. The van der Waals surface area contributed by atoms with Crippen molar-refractivity contribution in [3.8, 4) is 5.69 Å². The lowest BCUT2D eigenvalue weighted by Gasteiger charge is -2.45. The van der Waals surface area contributed by atoms with Gasteiger partial charge in [-0.25, -0.2) is 0 Å². The minimum Gasteiger partial charge on any atom is -0.493 e. The van der Waals surface area contributed by atoms with Crippen LogP contribution in [0.3, 0.4) is 0 Å². The van der Waals surface area contributed by atoms with Crippen LogP contribution in [0.1, 0.15) is 56.1 Å². The topological polar surface area (TPSA) is 95.7 Å². The molecule has 3 heterocycles. The molecule has 2 unspecified atom stereocenters. The molecule has 3 aliphatic rings. The van der Waals surface area contributed by atoms with E-state index in [2.05, 4.69) is 10.2 Å². The molecule has 1 aromatic heterocycles. The number of nitrogens with zero attached hydrogens (tertiary/aromatic N) is 3. The van der Waals surface area contributed by atoms with Crippen molar-refractivity contribution in [1.82, 2.24) is 14.8 Å². The number of allylic oxidation sites excluding steroid dienone is 2. The van der Waals surface area contributed by atoms with Crippen LogP contribution in [0, 0.1) is 5.41 Å². The molecule has 35 heavy (non-hydrogen) atoms. The van der Waals surface area contributed by atoms with Gasteiger partial charge in [0, 0.05) is 22.4 Å². The number of aromatic nitrogens is 3. The zero-order valence-electron chi connectivity index (χ0n) is 19.1. The monoisotopic (exact) mass is 507 g/mol. The average molecular weight is 508 g/mol. The fourth-order valence-corrected chi connectivity index (χ4v) is 5.10. The number of ether oxygens (including phenoxy) is 3. The van der Waals surface area contributed by atoms with E-state index in [1.54, 1.807) is 18.2 Å². The maximum atomic E-state index is 15.0. The standard InChI is InChI=1S/C24H24ClF2N3O5/c1-3-24(26,27)22-29-28-21-17(12-18(31)32)35-19(14-11-13(25)6-7-15(14)30(21)22)23(2)8-4-5-16-20(23)34-10-9-33-16/h4-8,11,17,19-20H,3,9-10,12H2,1-2H3,(H,31,32)/t17-,19+,20?,23?/m1/s1. The van der Waals surface area contributed by atoms with Crippen LogP contribution in [0.4, 0.5) is 8.78 Å². The predicted octanol–water partition coefficient (Wildman–Crippen LogP) is 4.89. The summed E-state index contributed by atoms with van der Waals surface area (Å²) < 4.78 is 49.5. The molecule has 1 aromatic carbocycles. The van der Waals surface area contributed by atoms with E-state index >= 15 is 0 Å². The molecule has 2 aromatic rings. The predicted molar refractivity (Wildman–Crippen MR) is 120 cm³/mol. The van der Waals surface area contributed by atoms with Crippen LogP contribution in [-0.4, -0.2) is 45.2 Å². The first-order valence-corrected chi connectivity index (χ1v) is 11.7. The molecule has 0 bridgehead atoms. The van der Waals surface area contributed by atoms with Gasteiger partial charge in [-0.05, 0) is 24.3 Å². The Kier molecular flexibility index (Phi) is 5.93. The summed E-state index contributed by atoms with van der Waals surface area (Å²) in [7, 11) is 0. The molecule has 0 saturated carbocycles. The van der Waals surface area contributed by atoms with E-state index in [1.807, 2.05) is 25.2 Å². The van der Waals surface area contributed by atoms with E-state index in [0.29, 0.717) is 35.2 Å². The molecular formula is C24H24ClF2N3O5. The van der Waals surface area contributed by atoms with Crippen molar-refractivity contribution in [3.05, 3.63) is 64.4 Å². The van der Waals surface area contributed by atoms with Gasteiger partial charge in [-0.2, -0.15) is 8.78 Å². The molecule has 2 aliphatic heterocycles. The average Bonchev–Trinajstić information content (AvgIpc) is 3.23. The highest BCUT2D eigenvalue weighted by Gasteiger charge is 2.51. The summed E-state index contributed by atoms with van der Waals surface area (Å²) in [6.07, 6.45) is 1.98. The molecule has 1 fully saturated rings. The normalized spacial score (nSPS) is 27.7. The zero-order valence-corrected chi connectivity index (χ0v) is 19.8. The largest absolute Gasteiger partial charge is 0.493 e. The number of fused-ring (bicyclic) bond motifs is 4. The number of hydrogen-bond donors (Lipinski definition) is 1. The molecule has 1 aliphatic carbocycles. The molecule has 186 valence electrons. The maximum absolute atomic E-state index is 15.0. The van der Waals surface area contributed by atoms with Gasteiger partial charge in [0.2, 0.25) is 5.82 Å². The third-order valence-electron chi connectivity index (χ3n) is 6.66. The molecule has 0 radical (unpaired) electrons. The first-order chi connectivity index (χ1) is 16.7. The van der Waals surface area contributed by atoms with Crippen molar-refractivity contribution in [2.24, 2.45) is 5.41 Å². The van der Waals surface area contributed by atoms with Gasteiger partial charge in [0.15, 0.2) is 5.82 Å². The van der Waals surface area contributed by atoms with Gasteiger partial charge in [0.25, 0.3) is 0 Å². The number of carboxylic acids is 1. The third kappa shape index (κ3) is 3.93. The van der Waals surface area contributed by atoms with Crippen LogP contribution in [0.5, 0.6) is 0 Å². The number of aliphatic carboxylic acids is 1. The van der Waals surface area contributed by atoms with Crippen LogP contribution in [0.25, 0.3) is 5.69 Å². The van der Waals surface area contributed by atoms with Crippen molar-refractivity contribution in [2.45, 2.75) is 50.9 Å². The minimum absolute atomic E-state index is 0.0124. The summed E-state index contributed by atoms with van der Waals surface area (Å²) in [5.74, 6) is -4.45. The van der Waals surface area contributed by atoms with Crippen LogP contribution < -0.4 is 0 Å². The Labute approximate surface area is 205 Å². The second-order valence-corrected chi connectivity index (χ2v) is 9.41. The molecule has 0 amide bonds. The lowest BCUT2D eigenvalue weighted by atomic mass is 9.72. The fourth-order valence-electron chi connectivity index (χ4n) is 4.92. The quantitative estimate of drug-likeness (QED) is 0.616. The van der Waals surface area contributed by atoms with Gasteiger partial charge >= 0.3 is 11.9 Å². The molecule has 4 atom stereocenters. The molecule has 1 N–H and O–H groups in total. The molecular weight excluding hydrogens is 484 g/mol. The van der Waals surface area contributed by atoms with Gasteiger partial charge in [0.05, 0.1) is 24.8 Å². The van der Waals surface area contributed by atoms with Gasteiger partial charge < -0.3 is 19.3 Å². The Hall–Kier alpha value is -2.82. The highest BCUT2D eigenvalue weighted by Crippen LogP contribution is 2.53. The fraction of sp³-hybridized carbons (Fsp3) is 0.458. The summed E-state index contributed by atoms with van der Waals surface area (Å²) in [6, 6.07) is 4.82. The first-order valence-electron chi connectivity index (χ1n) is 11.3. The van der Waals surface area contributed by atoms with Crippen LogP contribution in [-0.2, 0) is 24.9 Å². The van der Waals surface area contributed by atoms with E-state index in [0.717, 1.165) is 0 Å². The number of halogens is 3. The highest BCUT2D eigenvalue weighted by molar-refractivity contribution is 6.30. The lowest BCUT2D eigenvalue weighted by molar-refractivity contribution is -0.158. The second kappa shape index (κ2) is 8.69. The summed E-state index contributed by atoms with van der Waals surface area (Å²) in [4.78, 5) is 11.8. The van der Waals surface area contributed by atoms with Crippen LogP contribution >= 0.6 is 11.6 Å². The Bertz CT molecular complexity index is 1230. The van der Waals surface area contributed by atoms with Crippen molar-refractivity contribution >= 4 is 17.6 Å². The zero-order chi connectivity index (χ0) is 25.0. The Balaban J connectivity index is 1.75. The molecule has 11 heteroatoms. The Morgan fingerprint density at radius 1 is 1.31 bits per heavy atom. The van der Waals surface area contributed by atoms with E-state index in [1.165, 1.54) is 11.5 Å². The number of rotatable bonds is 5. The summed E-state index contributed by atoms with van der Waals surface area (Å²) in [5, 5.41) is 17.8. The summed E-state index contributed by atoms with van der Waals surface area (Å²) in [6.45, 7) is 4.00. The lowest BCUT2D eigenvalue weighted by Crippen LogP contribution is -2.45. The van der Waals surface area contributed by atoms with E-state index in [-0.39, 0.29) is 5.82 Å². The highest BCUT2D eigenvalue weighted by atomic mass is 35.5. The van der Waals surface area contributed by atoms with E-state index < -0.39 is 54.3 Å². The van der Waals surface area contributed by atoms with Gasteiger partial charge in [-0.3, -0.25) is 9.36 Å². The minimum atomic E-state index is -3.30. The number of hydrogen-bond acceptors (Lipinski definition) is 6. The first kappa shape index (κ1) is 23.9. The SMILES string of the molecule is CCC(F)(F)c1nnc2n1-c1ccc(Cl)cc1[C@@H](C1(C)C=CC=C3OCCOC31)O[C@@H]2CC(=O)O. The van der Waals surface area contributed by atoms with Crippen molar-refractivity contribution in [3.63, 3.8) is 0 Å². The van der Waals surface area contributed by atoms with E-state index in [4.69, 9.17) is 25.8 Å². The Morgan fingerprint density at radius 2 is 2.11 bits per heavy atom. The third-order valence-corrected chi connectivity index (χ3v) is 6.90.